The maximum absolute atomic E-state index is 9.78. The Balaban J connectivity index is 1.61. The quantitative estimate of drug-likeness (QED) is 0.492. The lowest BCUT2D eigenvalue weighted by Gasteiger charge is -2.49. The van der Waals surface area contributed by atoms with E-state index in [1.165, 1.54) is 42.5 Å². The van der Waals surface area contributed by atoms with Crippen LogP contribution in [0, 0.1) is 17.3 Å². The third-order valence-electron chi connectivity index (χ3n) is 6.82. The van der Waals surface area contributed by atoms with Crippen molar-refractivity contribution in [2.75, 3.05) is 6.61 Å². The molecule has 128 valence electrons. The number of nitrogens with zero attached hydrogens (tertiary/aromatic N) is 1. The zero-order valence-corrected chi connectivity index (χ0v) is 14.5. The van der Waals surface area contributed by atoms with E-state index < -0.39 is 0 Å². The van der Waals surface area contributed by atoms with Gasteiger partial charge in [0.25, 0.3) is 0 Å². The Bertz CT molecular complexity index is 680. The van der Waals surface area contributed by atoms with E-state index in [1.54, 1.807) is 6.08 Å². The second kappa shape index (κ2) is 5.94. The summed E-state index contributed by atoms with van der Waals surface area (Å²) in [5, 5.41) is 14.3. The molecule has 1 aromatic rings. The van der Waals surface area contributed by atoms with Gasteiger partial charge >= 0.3 is 0 Å². The van der Waals surface area contributed by atoms with Crippen LogP contribution in [0.5, 0.6) is 5.75 Å². The Morgan fingerprint density at radius 1 is 1.33 bits per heavy atom. The van der Waals surface area contributed by atoms with E-state index in [4.69, 9.17) is 4.84 Å². The molecule has 1 aromatic carbocycles. The predicted molar refractivity (Wildman–Crippen MR) is 96.3 cm³/mol. The second-order valence-corrected chi connectivity index (χ2v) is 7.92. The zero-order chi connectivity index (χ0) is 16.7. The normalized spacial score (nSPS) is 35.9. The average molecular weight is 325 g/mol. The van der Waals surface area contributed by atoms with Gasteiger partial charge in [-0.15, -0.1) is 0 Å². The van der Waals surface area contributed by atoms with Crippen molar-refractivity contribution in [2.24, 2.45) is 22.4 Å². The Labute approximate surface area is 144 Å². The number of oxime groups is 1. The minimum Gasteiger partial charge on any atom is -0.508 e. The summed E-state index contributed by atoms with van der Waals surface area (Å²) >= 11 is 0. The lowest BCUT2D eigenvalue weighted by atomic mass is 9.55. The summed E-state index contributed by atoms with van der Waals surface area (Å²) < 4.78 is 0. The van der Waals surface area contributed by atoms with Gasteiger partial charge in [0.15, 0.2) is 0 Å². The summed E-state index contributed by atoms with van der Waals surface area (Å²) in [6.07, 6.45) is 8.80. The zero-order valence-electron chi connectivity index (χ0n) is 14.5. The van der Waals surface area contributed by atoms with E-state index in [1.807, 2.05) is 12.1 Å². The molecular formula is C21H27NO2. The number of rotatable bonds is 3. The minimum atomic E-state index is 0.205. The summed E-state index contributed by atoms with van der Waals surface area (Å²) in [6, 6.07) is 6.00. The summed E-state index contributed by atoms with van der Waals surface area (Å²) in [5.41, 5.74) is 4.32. The number of aromatic hydroxyl groups is 1. The fraction of sp³-hybridized carbons (Fsp3) is 0.571. The van der Waals surface area contributed by atoms with E-state index >= 15 is 0 Å². The molecule has 0 amide bonds. The molecule has 4 atom stereocenters. The molecule has 0 aromatic heterocycles. The van der Waals surface area contributed by atoms with Gasteiger partial charge in [-0.3, -0.25) is 0 Å². The highest BCUT2D eigenvalue weighted by Crippen LogP contribution is 2.59. The molecule has 4 rings (SSSR count). The number of aryl methyl sites for hydroxylation is 1. The molecule has 3 unspecified atom stereocenters. The number of phenols is 1. The fourth-order valence-electron chi connectivity index (χ4n) is 5.68. The standard InChI is InChI=1S/C21H27NO2/c1-3-12-24-22-20-9-8-19-18-6-4-14-13-15(23)5-7-16(14)17(18)10-11-21(19,20)2/h3,5,7,13,17-19,23H,1,4,6,8-12H2,2H3/b22-20+/t17?,18?,19?,21-/m0/s1. The van der Waals surface area contributed by atoms with Crippen molar-refractivity contribution in [2.45, 2.75) is 51.4 Å². The molecule has 0 heterocycles. The van der Waals surface area contributed by atoms with Crippen molar-refractivity contribution in [3.05, 3.63) is 42.0 Å². The molecule has 1 N–H and O–H groups in total. The SMILES string of the molecule is C=CCO/N=C1\CCC2C3CCc4cc(O)ccc4C3CC[C@]12C. The number of hydrogen-bond acceptors (Lipinski definition) is 3. The maximum Gasteiger partial charge on any atom is 0.135 e. The molecule has 24 heavy (non-hydrogen) atoms. The van der Waals surface area contributed by atoms with Gasteiger partial charge in [-0.2, -0.15) is 0 Å². The largest absolute Gasteiger partial charge is 0.508 e. The Morgan fingerprint density at radius 3 is 3.04 bits per heavy atom. The molecule has 0 aliphatic heterocycles. The first-order chi connectivity index (χ1) is 11.6. The number of fused-ring (bicyclic) bond motifs is 5. The summed E-state index contributed by atoms with van der Waals surface area (Å²) in [6.45, 7) is 6.59. The van der Waals surface area contributed by atoms with Crippen molar-refractivity contribution in [3.8, 4) is 5.75 Å². The predicted octanol–water partition coefficient (Wildman–Crippen LogP) is 4.81. The van der Waals surface area contributed by atoms with Crippen LogP contribution in [-0.4, -0.2) is 17.4 Å². The molecule has 0 spiro atoms. The van der Waals surface area contributed by atoms with Gasteiger partial charge < -0.3 is 9.94 Å². The van der Waals surface area contributed by atoms with Crippen molar-refractivity contribution in [1.29, 1.82) is 0 Å². The molecule has 2 saturated carbocycles. The van der Waals surface area contributed by atoms with Crippen LogP contribution in [0.3, 0.4) is 0 Å². The molecule has 0 radical (unpaired) electrons. The third-order valence-corrected chi connectivity index (χ3v) is 6.82. The van der Waals surface area contributed by atoms with Crippen molar-refractivity contribution >= 4 is 5.71 Å². The summed E-state index contributed by atoms with van der Waals surface area (Å²) in [5.74, 6) is 2.51. The van der Waals surface area contributed by atoms with Gasteiger partial charge in [-0.05, 0) is 79.5 Å². The number of hydrogen-bond donors (Lipinski definition) is 1. The highest BCUT2D eigenvalue weighted by Gasteiger charge is 2.53. The fourth-order valence-corrected chi connectivity index (χ4v) is 5.68. The first-order valence-corrected chi connectivity index (χ1v) is 9.25. The lowest BCUT2D eigenvalue weighted by Crippen LogP contribution is -2.42. The monoisotopic (exact) mass is 325 g/mol. The first-order valence-electron chi connectivity index (χ1n) is 9.25. The van der Waals surface area contributed by atoms with Gasteiger partial charge in [0.2, 0.25) is 0 Å². The highest BCUT2D eigenvalue weighted by molar-refractivity contribution is 5.92. The molecule has 3 aliphatic carbocycles. The lowest BCUT2D eigenvalue weighted by molar-refractivity contribution is 0.0911. The maximum atomic E-state index is 9.78. The Kier molecular flexibility index (Phi) is 3.90. The van der Waals surface area contributed by atoms with E-state index in [2.05, 4.69) is 24.7 Å². The van der Waals surface area contributed by atoms with Crippen LogP contribution < -0.4 is 0 Å². The first kappa shape index (κ1) is 15.7. The van der Waals surface area contributed by atoms with Crippen LogP contribution in [0.15, 0.2) is 36.0 Å². The minimum absolute atomic E-state index is 0.205. The van der Waals surface area contributed by atoms with Crippen LogP contribution in [0.2, 0.25) is 0 Å². The number of phenolic OH excluding ortho intramolecular Hbond substituents is 1. The van der Waals surface area contributed by atoms with Crippen LogP contribution in [0.25, 0.3) is 0 Å². The van der Waals surface area contributed by atoms with E-state index in [0.29, 0.717) is 24.2 Å². The topological polar surface area (TPSA) is 41.8 Å². The number of benzene rings is 1. The van der Waals surface area contributed by atoms with Gasteiger partial charge in [-0.1, -0.05) is 30.8 Å². The van der Waals surface area contributed by atoms with Crippen molar-refractivity contribution in [1.82, 2.24) is 0 Å². The van der Waals surface area contributed by atoms with Gasteiger partial charge in [0.1, 0.15) is 12.4 Å². The highest BCUT2D eigenvalue weighted by atomic mass is 16.6. The van der Waals surface area contributed by atoms with Crippen LogP contribution >= 0.6 is 0 Å². The third kappa shape index (κ3) is 2.37. The van der Waals surface area contributed by atoms with Gasteiger partial charge in [0, 0.05) is 5.41 Å². The summed E-state index contributed by atoms with van der Waals surface area (Å²) in [4.78, 5) is 5.43. The van der Waals surface area contributed by atoms with E-state index in [9.17, 15) is 5.11 Å². The van der Waals surface area contributed by atoms with Gasteiger partial charge in [-0.25, -0.2) is 0 Å². The van der Waals surface area contributed by atoms with Gasteiger partial charge in [0.05, 0.1) is 5.71 Å². The smallest absolute Gasteiger partial charge is 0.135 e. The second-order valence-electron chi connectivity index (χ2n) is 7.92. The van der Waals surface area contributed by atoms with Crippen molar-refractivity contribution in [3.63, 3.8) is 0 Å². The van der Waals surface area contributed by atoms with E-state index in [-0.39, 0.29) is 5.41 Å². The molecule has 0 bridgehead atoms. The molecule has 3 heteroatoms. The van der Waals surface area contributed by atoms with Crippen LogP contribution in [-0.2, 0) is 11.3 Å². The molecule has 3 nitrogen and oxygen atoms in total. The molecular weight excluding hydrogens is 298 g/mol. The van der Waals surface area contributed by atoms with Crippen molar-refractivity contribution < 1.29 is 9.94 Å². The Morgan fingerprint density at radius 2 is 2.21 bits per heavy atom. The molecule has 0 saturated heterocycles. The average Bonchev–Trinajstić information content (AvgIpc) is 2.91. The van der Waals surface area contributed by atoms with Crippen LogP contribution in [0.1, 0.15) is 56.1 Å². The molecule has 2 fully saturated rings. The molecule has 3 aliphatic rings. The Hall–Kier alpha value is -1.77. The van der Waals surface area contributed by atoms with E-state index in [0.717, 1.165) is 18.8 Å². The van der Waals surface area contributed by atoms with Crippen LogP contribution in [0.4, 0.5) is 0 Å². The summed E-state index contributed by atoms with van der Waals surface area (Å²) in [7, 11) is 0.